The summed E-state index contributed by atoms with van der Waals surface area (Å²) in [6, 6.07) is 5.46. The average Bonchev–Trinajstić information content (AvgIpc) is 2.17. The Bertz CT molecular complexity index is 350. The molecule has 1 aromatic carbocycles. The Balaban J connectivity index is 3.13. The highest BCUT2D eigenvalue weighted by atomic mass is 79.9. The molecule has 4 heteroatoms. The lowest BCUT2D eigenvalue weighted by Gasteiger charge is -2.15. The van der Waals surface area contributed by atoms with Gasteiger partial charge in [-0.3, -0.25) is 4.79 Å². The molecule has 0 aromatic heterocycles. The number of benzene rings is 1. The number of halogens is 1. The van der Waals surface area contributed by atoms with E-state index in [2.05, 4.69) is 15.9 Å². The van der Waals surface area contributed by atoms with Crippen LogP contribution in [-0.2, 0) is 0 Å². The van der Waals surface area contributed by atoms with Gasteiger partial charge in [0.1, 0.15) is 0 Å². The highest BCUT2D eigenvalue weighted by Crippen LogP contribution is 2.25. The van der Waals surface area contributed by atoms with Crippen molar-refractivity contribution < 1.29 is 4.79 Å². The van der Waals surface area contributed by atoms with E-state index in [-0.39, 0.29) is 12.3 Å². The summed E-state index contributed by atoms with van der Waals surface area (Å²) >= 11 is 3.42. The van der Waals surface area contributed by atoms with Crippen LogP contribution < -0.4 is 10.6 Å². The van der Waals surface area contributed by atoms with Crippen LogP contribution in [0.1, 0.15) is 10.4 Å². The topological polar surface area (TPSA) is 46.3 Å². The van der Waals surface area contributed by atoms with Crippen molar-refractivity contribution >= 4 is 27.4 Å². The minimum atomic E-state index is -0.0411. The molecule has 1 rings (SSSR count). The zero-order valence-corrected chi connectivity index (χ0v) is 9.84. The highest BCUT2D eigenvalue weighted by molar-refractivity contribution is 9.10. The Morgan fingerprint density at radius 3 is 2.64 bits per heavy atom. The third kappa shape index (κ3) is 2.33. The molecule has 0 aliphatic rings. The Hall–Kier alpha value is -0.870. The zero-order valence-electron chi connectivity index (χ0n) is 8.25. The van der Waals surface area contributed by atoms with Crippen molar-refractivity contribution in [3.05, 3.63) is 28.2 Å². The summed E-state index contributed by atoms with van der Waals surface area (Å²) in [6.45, 7) is 0.0501. The van der Waals surface area contributed by atoms with E-state index in [1.807, 2.05) is 31.1 Å². The molecule has 0 amide bonds. The van der Waals surface area contributed by atoms with Gasteiger partial charge >= 0.3 is 0 Å². The molecule has 3 nitrogen and oxygen atoms in total. The summed E-state index contributed by atoms with van der Waals surface area (Å²) in [7, 11) is 3.85. The summed E-state index contributed by atoms with van der Waals surface area (Å²) in [5, 5.41) is 0. The van der Waals surface area contributed by atoms with E-state index < -0.39 is 0 Å². The van der Waals surface area contributed by atoms with Crippen LogP contribution in [0.4, 0.5) is 5.69 Å². The second-order valence-electron chi connectivity index (χ2n) is 3.19. The van der Waals surface area contributed by atoms with Gasteiger partial charge in [-0.15, -0.1) is 0 Å². The monoisotopic (exact) mass is 256 g/mol. The summed E-state index contributed by atoms with van der Waals surface area (Å²) in [5.74, 6) is -0.0411. The highest BCUT2D eigenvalue weighted by Gasteiger charge is 2.07. The minimum absolute atomic E-state index is 0.0411. The van der Waals surface area contributed by atoms with Crippen LogP contribution >= 0.6 is 15.9 Å². The molecule has 14 heavy (non-hydrogen) atoms. The second kappa shape index (κ2) is 4.57. The third-order valence-corrected chi connectivity index (χ3v) is 2.61. The first-order chi connectivity index (χ1) is 6.56. The maximum atomic E-state index is 11.3. The maximum Gasteiger partial charge on any atom is 0.176 e. The number of hydrogen-bond acceptors (Lipinski definition) is 3. The van der Waals surface area contributed by atoms with E-state index >= 15 is 0 Å². The number of nitrogens with zero attached hydrogens (tertiary/aromatic N) is 1. The lowest BCUT2D eigenvalue weighted by molar-refractivity contribution is 0.100. The fourth-order valence-corrected chi connectivity index (χ4v) is 1.75. The second-order valence-corrected chi connectivity index (χ2v) is 4.04. The van der Waals surface area contributed by atoms with Gasteiger partial charge in [0.2, 0.25) is 0 Å². The van der Waals surface area contributed by atoms with Crippen LogP contribution in [0.3, 0.4) is 0 Å². The van der Waals surface area contributed by atoms with Gasteiger partial charge < -0.3 is 10.6 Å². The number of anilines is 1. The van der Waals surface area contributed by atoms with Crippen molar-refractivity contribution in [3.63, 3.8) is 0 Å². The van der Waals surface area contributed by atoms with Gasteiger partial charge in [0, 0.05) is 24.1 Å². The quantitative estimate of drug-likeness (QED) is 0.837. The molecule has 0 atom stereocenters. The molecule has 0 saturated heterocycles. The normalized spacial score (nSPS) is 10.0. The first-order valence-electron chi connectivity index (χ1n) is 4.26. The van der Waals surface area contributed by atoms with Crippen molar-refractivity contribution in [2.24, 2.45) is 5.73 Å². The SMILES string of the molecule is CN(C)c1cc(C(=O)CN)ccc1Br. The van der Waals surface area contributed by atoms with Crippen LogP contribution in [0.2, 0.25) is 0 Å². The Morgan fingerprint density at radius 2 is 2.14 bits per heavy atom. The predicted molar refractivity (Wildman–Crippen MR) is 61.9 cm³/mol. The van der Waals surface area contributed by atoms with E-state index in [1.54, 1.807) is 6.07 Å². The number of nitrogens with two attached hydrogens (primary N) is 1. The van der Waals surface area contributed by atoms with Crippen molar-refractivity contribution in [1.82, 2.24) is 0 Å². The van der Waals surface area contributed by atoms with E-state index in [9.17, 15) is 4.79 Å². The van der Waals surface area contributed by atoms with E-state index in [1.165, 1.54) is 0 Å². The van der Waals surface area contributed by atoms with Crippen LogP contribution in [0.25, 0.3) is 0 Å². The summed E-state index contributed by atoms with van der Waals surface area (Å²) in [4.78, 5) is 13.3. The molecule has 0 saturated carbocycles. The molecule has 0 aliphatic carbocycles. The van der Waals surface area contributed by atoms with Gasteiger partial charge in [0.25, 0.3) is 0 Å². The van der Waals surface area contributed by atoms with Crippen LogP contribution in [0.15, 0.2) is 22.7 Å². The van der Waals surface area contributed by atoms with Crippen LogP contribution in [0.5, 0.6) is 0 Å². The maximum absolute atomic E-state index is 11.3. The largest absolute Gasteiger partial charge is 0.377 e. The molecular weight excluding hydrogens is 244 g/mol. The van der Waals surface area contributed by atoms with Gasteiger partial charge in [0.15, 0.2) is 5.78 Å². The lowest BCUT2D eigenvalue weighted by atomic mass is 10.1. The number of ketones is 1. The summed E-state index contributed by atoms with van der Waals surface area (Å²) in [6.07, 6.45) is 0. The standard InChI is InChI=1S/C10H13BrN2O/c1-13(2)9-5-7(10(14)6-12)3-4-8(9)11/h3-5H,6,12H2,1-2H3. The number of hydrogen-bond donors (Lipinski definition) is 1. The van der Waals surface area contributed by atoms with Gasteiger partial charge in [-0.05, 0) is 28.1 Å². The third-order valence-electron chi connectivity index (χ3n) is 1.94. The van der Waals surface area contributed by atoms with Crippen LogP contribution in [-0.4, -0.2) is 26.4 Å². The van der Waals surface area contributed by atoms with Crippen molar-refractivity contribution in [2.75, 3.05) is 25.5 Å². The molecule has 0 aliphatic heterocycles. The van der Waals surface area contributed by atoms with Crippen molar-refractivity contribution in [3.8, 4) is 0 Å². The number of rotatable bonds is 3. The lowest BCUT2D eigenvalue weighted by Crippen LogP contribution is -2.15. The van der Waals surface area contributed by atoms with Crippen LogP contribution in [0, 0.1) is 0 Å². The minimum Gasteiger partial charge on any atom is -0.377 e. The van der Waals surface area contributed by atoms with E-state index in [0.717, 1.165) is 10.2 Å². The van der Waals surface area contributed by atoms with Crippen molar-refractivity contribution in [2.45, 2.75) is 0 Å². The van der Waals surface area contributed by atoms with Crippen molar-refractivity contribution in [1.29, 1.82) is 0 Å². The Morgan fingerprint density at radius 1 is 1.50 bits per heavy atom. The number of carbonyl (C=O) groups excluding carboxylic acids is 1. The summed E-state index contributed by atoms with van der Waals surface area (Å²) < 4.78 is 0.969. The number of carbonyl (C=O) groups is 1. The fraction of sp³-hybridized carbons (Fsp3) is 0.300. The van der Waals surface area contributed by atoms with Gasteiger partial charge in [0.05, 0.1) is 12.2 Å². The van der Waals surface area contributed by atoms with Gasteiger partial charge in [-0.2, -0.15) is 0 Å². The molecule has 76 valence electrons. The first-order valence-corrected chi connectivity index (χ1v) is 5.05. The molecule has 0 fully saturated rings. The Kier molecular flexibility index (Phi) is 3.66. The molecule has 0 spiro atoms. The first kappa shape index (κ1) is 11.2. The summed E-state index contributed by atoms with van der Waals surface area (Å²) in [5.41, 5.74) is 6.92. The average molecular weight is 257 g/mol. The van der Waals surface area contributed by atoms with Gasteiger partial charge in [-0.1, -0.05) is 6.07 Å². The molecule has 1 aromatic rings. The van der Waals surface area contributed by atoms with E-state index in [0.29, 0.717) is 5.56 Å². The molecular formula is C10H13BrN2O. The zero-order chi connectivity index (χ0) is 10.7. The molecule has 0 bridgehead atoms. The molecule has 0 unspecified atom stereocenters. The fourth-order valence-electron chi connectivity index (χ4n) is 1.15. The van der Waals surface area contributed by atoms with Gasteiger partial charge in [-0.25, -0.2) is 0 Å². The Labute approximate surface area is 92.0 Å². The predicted octanol–water partition coefficient (Wildman–Crippen LogP) is 1.66. The van der Waals surface area contributed by atoms with E-state index in [4.69, 9.17) is 5.73 Å². The number of Topliss-reactive ketones (excluding diaryl/α,β-unsaturated/α-hetero) is 1. The molecule has 0 radical (unpaired) electrons. The molecule has 0 heterocycles. The molecule has 2 N–H and O–H groups in total. The smallest absolute Gasteiger partial charge is 0.176 e.